The summed E-state index contributed by atoms with van der Waals surface area (Å²) in [6.45, 7) is 6.23. The normalized spacial score (nSPS) is 12.8. The molecule has 0 aliphatic heterocycles. The molecular formula is C14H16ClNS. The molecule has 1 nitrogen and oxygen atoms in total. The van der Waals surface area contributed by atoms with Gasteiger partial charge in [0.15, 0.2) is 0 Å². The van der Waals surface area contributed by atoms with Crippen molar-refractivity contribution in [1.82, 2.24) is 0 Å². The van der Waals surface area contributed by atoms with Crippen LogP contribution in [0.1, 0.15) is 33.9 Å². The lowest BCUT2D eigenvalue weighted by Gasteiger charge is -2.16. The number of thiophene rings is 1. The van der Waals surface area contributed by atoms with E-state index in [0.29, 0.717) is 0 Å². The second-order valence-corrected chi connectivity index (χ2v) is 5.60. The van der Waals surface area contributed by atoms with Crippen LogP contribution < -0.4 is 5.73 Å². The van der Waals surface area contributed by atoms with Crippen molar-refractivity contribution in [2.75, 3.05) is 0 Å². The van der Waals surface area contributed by atoms with Gasteiger partial charge in [-0.3, -0.25) is 0 Å². The standard InChI is InChI=1S/C14H16ClNS/c1-8-4-11(13(15)5-9(8)2)14(16)12-7-17-6-10(12)3/h4-7,14H,16H2,1-3H3. The van der Waals surface area contributed by atoms with Crippen molar-refractivity contribution in [1.29, 1.82) is 0 Å². The van der Waals surface area contributed by atoms with E-state index in [2.05, 4.69) is 37.6 Å². The molecule has 1 atom stereocenters. The van der Waals surface area contributed by atoms with E-state index in [4.69, 9.17) is 17.3 Å². The molecule has 2 aromatic rings. The predicted molar refractivity (Wildman–Crippen MR) is 76.0 cm³/mol. The zero-order valence-corrected chi connectivity index (χ0v) is 11.8. The molecule has 0 bridgehead atoms. The maximum atomic E-state index is 6.30. The van der Waals surface area contributed by atoms with Crippen molar-refractivity contribution in [2.45, 2.75) is 26.8 Å². The van der Waals surface area contributed by atoms with Gasteiger partial charge in [-0.15, -0.1) is 0 Å². The third kappa shape index (κ3) is 2.39. The van der Waals surface area contributed by atoms with E-state index < -0.39 is 0 Å². The minimum Gasteiger partial charge on any atom is -0.320 e. The average molecular weight is 266 g/mol. The third-order valence-electron chi connectivity index (χ3n) is 3.18. The lowest BCUT2D eigenvalue weighted by atomic mass is 9.96. The molecule has 90 valence electrons. The monoisotopic (exact) mass is 265 g/mol. The number of aryl methyl sites for hydroxylation is 3. The summed E-state index contributed by atoms with van der Waals surface area (Å²) in [6, 6.07) is 3.96. The first-order valence-electron chi connectivity index (χ1n) is 5.55. The lowest BCUT2D eigenvalue weighted by molar-refractivity contribution is 0.865. The van der Waals surface area contributed by atoms with Crippen molar-refractivity contribution in [3.05, 3.63) is 55.7 Å². The van der Waals surface area contributed by atoms with Crippen molar-refractivity contribution in [3.8, 4) is 0 Å². The summed E-state index contributed by atoms with van der Waals surface area (Å²) >= 11 is 7.97. The van der Waals surface area contributed by atoms with Crippen LogP contribution in [-0.2, 0) is 0 Å². The van der Waals surface area contributed by atoms with Gasteiger partial charge in [-0.25, -0.2) is 0 Å². The summed E-state index contributed by atoms with van der Waals surface area (Å²) in [5.74, 6) is 0. The number of nitrogens with two attached hydrogens (primary N) is 1. The second-order valence-electron chi connectivity index (χ2n) is 4.45. The molecular weight excluding hydrogens is 250 g/mol. The Hall–Kier alpha value is -0.830. The van der Waals surface area contributed by atoms with Gasteiger partial charge in [-0.2, -0.15) is 11.3 Å². The van der Waals surface area contributed by atoms with Crippen LogP contribution in [0.3, 0.4) is 0 Å². The molecule has 2 N–H and O–H groups in total. The van der Waals surface area contributed by atoms with Gasteiger partial charge in [0.2, 0.25) is 0 Å². The summed E-state index contributed by atoms with van der Waals surface area (Å²) in [5.41, 5.74) is 12.1. The highest BCUT2D eigenvalue weighted by atomic mass is 35.5. The Morgan fingerprint density at radius 2 is 1.65 bits per heavy atom. The molecule has 0 aliphatic rings. The molecule has 1 aromatic heterocycles. The van der Waals surface area contributed by atoms with Crippen LogP contribution in [0.2, 0.25) is 5.02 Å². The molecule has 0 spiro atoms. The zero-order valence-electron chi connectivity index (χ0n) is 10.3. The van der Waals surface area contributed by atoms with Crippen LogP contribution in [0, 0.1) is 20.8 Å². The summed E-state index contributed by atoms with van der Waals surface area (Å²) in [5, 5.41) is 4.97. The van der Waals surface area contributed by atoms with Crippen LogP contribution >= 0.6 is 22.9 Å². The van der Waals surface area contributed by atoms with E-state index in [9.17, 15) is 0 Å². The molecule has 1 unspecified atom stereocenters. The Morgan fingerprint density at radius 3 is 2.24 bits per heavy atom. The van der Waals surface area contributed by atoms with Crippen LogP contribution in [0.25, 0.3) is 0 Å². The molecule has 3 heteroatoms. The Morgan fingerprint density at radius 1 is 1.00 bits per heavy atom. The quantitative estimate of drug-likeness (QED) is 0.857. The SMILES string of the molecule is Cc1cc(Cl)c(C(N)c2cscc2C)cc1C. The van der Waals surface area contributed by atoms with Gasteiger partial charge in [0, 0.05) is 5.02 Å². The molecule has 0 radical (unpaired) electrons. The van der Waals surface area contributed by atoms with Crippen molar-refractivity contribution in [2.24, 2.45) is 5.73 Å². The molecule has 1 heterocycles. The Balaban J connectivity index is 2.48. The topological polar surface area (TPSA) is 26.0 Å². The van der Waals surface area contributed by atoms with Gasteiger partial charge < -0.3 is 5.73 Å². The maximum Gasteiger partial charge on any atom is 0.0577 e. The Kier molecular flexibility index (Phi) is 3.57. The molecule has 0 amide bonds. The minimum absolute atomic E-state index is 0.131. The minimum atomic E-state index is -0.131. The van der Waals surface area contributed by atoms with Crippen molar-refractivity contribution < 1.29 is 0 Å². The van der Waals surface area contributed by atoms with Gasteiger partial charge >= 0.3 is 0 Å². The molecule has 0 saturated carbocycles. The van der Waals surface area contributed by atoms with Gasteiger partial charge in [-0.05, 0) is 65.4 Å². The summed E-state index contributed by atoms with van der Waals surface area (Å²) < 4.78 is 0. The van der Waals surface area contributed by atoms with Crippen LogP contribution in [-0.4, -0.2) is 0 Å². The summed E-state index contributed by atoms with van der Waals surface area (Å²) in [7, 11) is 0. The number of benzene rings is 1. The highest BCUT2D eigenvalue weighted by Crippen LogP contribution is 2.31. The van der Waals surface area contributed by atoms with Gasteiger partial charge in [0.25, 0.3) is 0 Å². The highest BCUT2D eigenvalue weighted by molar-refractivity contribution is 7.08. The van der Waals surface area contributed by atoms with Crippen LogP contribution in [0.4, 0.5) is 0 Å². The van der Waals surface area contributed by atoms with E-state index in [-0.39, 0.29) is 6.04 Å². The molecule has 17 heavy (non-hydrogen) atoms. The highest BCUT2D eigenvalue weighted by Gasteiger charge is 2.16. The summed E-state index contributed by atoms with van der Waals surface area (Å²) in [6.07, 6.45) is 0. The first kappa shape index (κ1) is 12.6. The van der Waals surface area contributed by atoms with Gasteiger partial charge in [0.05, 0.1) is 6.04 Å². The van der Waals surface area contributed by atoms with Crippen molar-refractivity contribution in [3.63, 3.8) is 0 Å². The van der Waals surface area contributed by atoms with E-state index in [1.807, 2.05) is 6.07 Å². The number of rotatable bonds is 2. The number of halogens is 1. The zero-order chi connectivity index (χ0) is 12.6. The lowest BCUT2D eigenvalue weighted by Crippen LogP contribution is -2.13. The van der Waals surface area contributed by atoms with Crippen LogP contribution in [0.5, 0.6) is 0 Å². The van der Waals surface area contributed by atoms with E-state index in [1.165, 1.54) is 22.3 Å². The second kappa shape index (κ2) is 4.81. The number of hydrogen-bond donors (Lipinski definition) is 1. The largest absolute Gasteiger partial charge is 0.320 e. The van der Waals surface area contributed by atoms with E-state index in [0.717, 1.165) is 10.6 Å². The molecule has 2 rings (SSSR count). The van der Waals surface area contributed by atoms with E-state index >= 15 is 0 Å². The fraction of sp³-hybridized carbons (Fsp3) is 0.286. The molecule has 0 aliphatic carbocycles. The Bertz CT molecular complexity index is 545. The Labute approximate surface area is 111 Å². The first-order chi connectivity index (χ1) is 8.00. The van der Waals surface area contributed by atoms with E-state index in [1.54, 1.807) is 11.3 Å². The predicted octanol–water partition coefficient (Wildman–Crippen LogP) is 4.37. The molecule has 1 aromatic carbocycles. The fourth-order valence-electron chi connectivity index (χ4n) is 1.90. The summed E-state index contributed by atoms with van der Waals surface area (Å²) in [4.78, 5) is 0. The fourth-order valence-corrected chi connectivity index (χ4v) is 3.12. The van der Waals surface area contributed by atoms with Gasteiger partial charge in [-0.1, -0.05) is 17.7 Å². The van der Waals surface area contributed by atoms with Gasteiger partial charge in [0.1, 0.15) is 0 Å². The average Bonchev–Trinajstić information content (AvgIpc) is 2.69. The van der Waals surface area contributed by atoms with Crippen molar-refractivity contribution >= 4 is 22.9 Å². The smallest absolute Gasteiger partial charge is 0.0577 e. The maximum absolute atomic E-state index is 6.30. The van der Waals surface area contributed by atoms with Crippen LogP contribution in [0.15, 0.2) is 22.9 Å². The third-order valence-corrected chi connectivity index (χ3v) is 4.39. The molecule has 0 saturated heterocycles. The number of hydrogen-bond acceptors (Lipinski definition) is 2. The molecule has 0 fully saturated rings. The first-order valence-corrected chi connectivity index (χ1v) is 6.87.